The first-order valence-electron chi connectivity index (χ1n) is 8.11. The van der Waals surface area contributed by atoms with Crippen LogP contribution in [0, 0.1) is 23.7 Å². The van der Waals surface area contributed by atoms with Crippen LogP contribution in [0.15, 0.2) is 0 Å². The minimum absolute atomic E-state index is 0. The zero-order valence-corrected chi connectivity index (χ0v) is 16.6. The van der Waals surface area contributed by atoms with Crippen LogP contribution in [-0.4, -0.2) is 0 Å². The Morgan fingerprint density at radius 3 is 0.944 bits per heavy atom. The lowest BCUT2D eigenvalue weighted by Gasteiger charge is -2.16. The minimum atomic E-state index is 0. The molecule has 0 N–H and O–H groups in total. The molecule has 1 aliphatic rings. The van der Waals surface area contributed by atoms with Crippen LogP contribution in [0.3, 0.4) is 0 Å². The van der Waals surface area contributed by atoms with Crippen LogP contribution in [0.2, 0.25) is 0 Å². The van der Waals surface area contributed by atoms with E-state index in [1.165, 1.54) is 19.3 Å². The van der Waals surface area contributed by atoms with Crippen molar-refractivity contribution in [1.29, 1.82) is 0 Å². The maximum Gasteiger partial charge on any atom is -0.0388 e. The zero-order chi connectivity index (χ0) is 14.4. The molecule has 0 heterocycles. The minimum Gasteiger partial charge on any atom is -0.153 e. The molecule has 1 aliphatic carbocycles. The fourth-order valence-corrected chi connectivity index (χ4v) is 2.26. The Kier molecular flexibility index (Phi) is 29.5. The highest BCUT2D eigenvalue weighted by Crippen LogP contribution is 2.38. The Bertz CT molecular complexity index is 105. The molecule has 0 aliphatic heterocycles. The topological polar surface area (TPSA) is 0 Å². The summed E-state index contributed by atoms with van der Waals surface area (Å²) < 4.78 is 0. The van der Waals surface area contributed by atoms with E-state index in [1.807, 2.05) is 41.5 Å². The molecule has 0 nitrogen and oxygen atoms in total. The summed E-state index contributed by atoms with van der Waals surface area (Å²) in [6, 6.07) is 0. The van der Waals surface area contributed by atoms with Crippen molar-refractivity contribution < 1.29 is 0 Å². The fourth-order valence-electron chi connectivity index (χ4n) is 2.26. The number of hydrogen-bond acceptors (Lipinski definition) is 0. The van der Waals surface area contributed by atoms with Crippen LogP contribution in [0.5, 0.6) is 0 Å². The molecule has 0 aromatic rings. The molecule has 0 saturated heterocycles. The lowest BCUT2D eigenvalue weighted by atomic mass is 9.89. The molecule has 1 saturated carbocycles. The van der Waals surface area contributed by atoms with E-state index in [-0.39, 0.29) is 9.90 Å². The van der Waals surface area contributed by atoms with E-state index in [2.05, 4.69) is 27.7 Å². The Labute approximate surface area is 122 Å². The average molecular weight is 279 g/mol. The van der Waals surface area contributed by atoms with E-state index < -0.39 is 0 Å². The van der Waals surface area contributed by atoms with Crippen molar-refractivity contribution in [3.8, 4) is 0 Å². The molecule has 0 spiro atoms. The van der Waals surface area contributed by atoms with Gasteiger partial charge in [-0.15, -0.1) is 0 Å². The average Bonchev–Trinajstić information content (AvgIpc) is 2.86. The lowest BCUT2D eigenvalue weighted by molar-refractivity contribution is 0.340. The van der Waals surface area contributed by atoms with Gasteiger partial charge in [0.2, 0.25) is 0 Å². The summed E-state index contributed by atoms with van der Waals surface area (Å²) in [7, 11) is 0. The number of hydrogen-bond donors (Lipinski definition) is 0. The molecule has 3 unspecified atom stereocenters. The lowest BCUT2D eigenvalue weighted by Crippen LogP contribution is -2.07. The van der Waals surface area contributed by atoms with Gasteiger partial charge in [0.25, 0.3) is 0 Å². The first kappa shape index (κ1) is 26.9. The standard InChI is InChI=1S/C11H22.3C2H6.H3P/c1-8(2)10-5-6-11(7-10)9(3)4;3*1-2;/h8-11H,5-7H2,1-4H3;3*1-2H3;1H3. The maximum absolute atomic E-state index is 2.37. The van der Waals surface area contributed by atoms with Gasteiger partial charge in [-0.3, -0.25) is 0 Å². The van der Waals surface area contributed by atoms with Gasteiger partial charge in [0.15, 0.2) is 0 Å². The van der Waals surface area contributed by atoms with Gasteiger partial charge in [0.05, 0.1) is 0 Å². The molecule has 18 heavy (non-hydrogen) atoms. The molecular weight excluding hydrogens is 235 g/mol. The summed E-state index contributed by atoms with van der Waals surface area (Å²) in [5.41, 5.74) is 0. The van der Waals surface area contributed by atoms with E-state index in [9.17, 15) is 0 Å². The molecule has 3 atom stereocenters. The van der Waals surface area contributed by atoms with Gasteiger partial charge in [0, 0.05) is 0 Å². The second-order valence-electron chi connectivity index (χ2n) is 4.82. The van der Waals surface area contributed by atoms with Crippen molar-refractivity contribution in [2.75, 3.05) is 0 Å². The van der Waals surface area contributed by atoms with Crippen molar-refractivity contribution in [3.63, 3.8) is 0 Å². The van der Waals surface area contributed by atoms with Crippen LogP contribution in [0.25, 0.3) is 0 Å². The van der Waals surface area contributed by atoms with Crippen molar-refractivity contribution in [2.45, 2.75) is 88.5 Å². The Morgan fingerprint density at radius 1 is 0.611 bits per heavy atom. The molecule has 1 rings (SSSR count). The molecule has 0 amide bonds. The van der Waals surface area contributed by atoms with E-state index >= 15 is 0 Å². The highest BCUT2D eigenvalue weighted by Gasteiger charge is 2.28. The molecule has 116 valence electrons. The van der Waals surface area contributed by atoms with Crippen LogP contribution in [0.4, 0.5) is 0 Å². The van der Waals surface area contributed by atoms with Crippen LogP contribution < -0.4 is 0 Å². The predicted octanol–water partition coefficient (Wildman–Crippen LogP) is 6.85. The maximum atomic E-state index is 2.37. The van der Waals surface area contributed by atoms with Gasteiger partial charge in [-0.2, -0.15) is 9.90 Å². The summed E-state index contributed by atoms with van der Waals surface area (Å²) in [6.07, 6.45) is 4.47. The van der Waals surface area contributed by atoms with Crippen molar-refractivity contribution >= 4 is 9.90 Å². The highest BCUT2D eigenvalue weighted by molar-refractivity contribution is 6.92. The molecule has 0 aromatic carbocycles. The van der Waals surface area contributed by atoms with Crippen molar-refractivity contribution in [1.82, 2.24) is 0 Å². The third kappa shape index (κ3) is 12.9. The van der Waals surface area contributed by atoms with Crippen LogP contribution in [0.1, 0.15) is 88.5 Å². The molecule has 0 radical (unpaired) electrons. The number of rotatable bonds is 2. The van der Waals surface area contributed by atoms with Crippen molar-refractivity contribution in [2.24, 2.45) is 23.7 Å². The summed E-state index contributed by atoms with van der Waals surface area (Å²) in [4.78, 5) is 0. The Balaban J connectivity index is -0.000000123. The Morgan fingerprint density at radius 2 is 0.833 bits per heavy atom. The first-order chi connectivity index (χ1) is 8.11. The SMILES string of the molecule is CC.CC.CC.CC(C)C1CCC(C(C)C)C1.P. The second-order valence-corrected chi connectivity index (χ2v) is 4.82. The van der Waals surface area contributed by atoms with Gasteiger partial charge < -0.3 is 0 Å². The third-order valence-electron chi connectivity index (χ3n) is 3.40. The molecule has 0 aromatic heterocycles. The largest absolute Gasteiger partial charge is 0.153 e. The first-order valence-corrected chi connectivity index (χ1v) is 8.11. The Hall–Kier alpha value is 0.430. The molecule has 1 fully saturated rings. The molecular formula is C17H43P. The zero-order valence-electron chi connectivity index (χ0n) is 15.1. The smallest absolute Gasteiger partial charge is 0.0388 e. The van der Waals surface area contributed by atoms with Crippen LogP contribution >= 0.6 is 9.90 Å². The van der Waals surface area contributed by atoms with E-state index in [1.54, 1.807) is 0 Å². The summed E-state index contributed by atoms with van der Waals surface area (Å²) >= 11 is 0. The van der Waals surface area contributed by atoms with Gasteiger partial charge >= 0.3 is 0 Å². The molecule has 0 bridgehead atoms. The summed E-state index contributed by atoms with van der Waals surface area (Å²) in [6.45, 7) is 21.5. The van der Waals surface area contributed by atoms with Gasteiger partial charge in [-0.1, -0.05) is 69.2 Å². The fraction of sp³-hybridized carbons (Fsp3) is 1.00. The second kappa shape index (κ2) is 19.8. The molecule has 1 heteroatoms. The predicted molar refractivity (Wildman–Crippen MR) is 95.7 cm³/mol. The highest BCUT2D eigenvalue weighted by atomic mass is 31.0. The van der Waals surface area contributed by atoms with Crippen molar-refractivity contribution in [3.05, 3.63) is 0 Å². The van der Waals surface area contributed by atoms with Gasteiger partial charge in [0.1, 0.15) is 0 Å². The summed E-state index contributed by atoms with van der Waals surface area (Å²) in [5, 5.41) is 0. The summed E-state index contributed by atoms with van der Waals surface area (Å²) in [5.74, 6) is 3.89. The van der Waals surface area contributed by atoms with E-state index in [4.69, 9.17) is 0 Å². The normalized spacial score (nSPS) is 20.7. The van der Waals surface area contributed by atoms with Crippen LogP contribution in [-0.2, 0) is 0 Å². The van der Waals surface area contributed by atoms with E-state index in [0.717, 1.165) is 23.7 Å². The monoisotopic (exact) mass is 278 g/mol. The quantitative estimate of drug-likeness (QED) is 0.484. The van der Waals surface area contributed by atoms with E-state index in [0.29, 0.717) is 0 Å². The third-order valence-corrected chi connectivity index (χ3v) is 3.40. The van der Waals surface area contributed by atoms with Gasteiger partial charge in [-0.05, 0) is 42.9 Å². The van der Waals surface area contributed by atoms with Gasteiger partial charge in [-0.25, -0.2) is 0 Å².